The number of rotatable bonds is 3. The molecule has 96 valence electrons. The normalized spacial score (nSPS) is 19.0. The molecule has 0 spiro atoms. The van der Waals surface area contributed by atoms with Gasteiger partial charge in [0.15, 0.2) is 0 Å². The number of hydrogen-bond acceptors (Lipinski definition) is 3. The fourth-order valence-electron chi connectivity index (χ4n) is 1.74. The van der Waals surface area contributed by atoms with E-state index in [4.69, 9.17) is 9.47 Å². The molecule has 0 aliphatic carbocycles. The highest BCUT2D eigenvalue weighted by Crippen LogP contribution is 2.20. The van der Waals surface area contributed by atoms with E-state index in [1.54, 1.807) is 0 Å². The molecule has 1 aromatic carbocycles. The molecule has 0 aromatic heterocycles. The second-order valence-corrected chi connectivity index (χ2v) is 4.30. The predicted molar refractivity (Wildman–Crippen MR) is 69.7 cm³/mol. The Morgan fingerprint density at radius 1 is 1.39 bits per heavy atom. The van der Waals surface area contributed by atoms with Crippen LogP contribution in [0.4, 0.5) is 5.69 Å². The van der Waals surface area contributed by atoms with Crippen LogP contribution in [0.3, 0.4) is 0 Å². The standard InChI is InChI=1S/C14H17NO3/c1-10-7-8-17-9-14(10)18-13-5-3-12(4-6-13)15-11(2)16/h3-7,14H,8-9H2,1-2H3,(H,15,16)/t14-/m1/s1. The average molecular weight is 247 g/mol. The van der Waals surface area contributed by atoms with Crippen LogP contribution in [0.15, 0.2) is 35.9 Å². The summed E-state index contributed by atoms with van der Waals surface area (Å²) in [7, 11) is 0. The lowest BCUT2D eigenvalue weighted by Crippen LogP contribution is -2.28. The Kier molecular flexibility index (Phi) is 3.99. The van der Waals surface area contributed by atoms with Crippen molar-refractivity contribution in [3.63, 3.8) is 0 Å². The fourth-order valence-corrected chi connectivity index (χ4v) is 1.74. The van der Waals surface area contributed by atoms with Crippen LogP contribution in [0.2, 0.25) is 0 Å². The second-order valence-electron chi connectivity index (χ2n) is 4.30. The van der Waals surface area contributed by atoms with Gasteiger partial charge in [0.05, 0.1) is 13.2 Å². The number of ether oxygens (including phenoxy) is 2. The predicted octanol–water partition coefficient (Wildman–Crippen LogP) is 2.37. The molecule has 1 amide bonds. The summed E-state index contributed by atoms with van der Waals surface area (Å²) in [5, 5.41) is 2.71. The lowest BCUT2D eigenvalue weighted by Gasteiger charge is -2.23. The molecule has 1 N–H and O–H groups in total. The summed E-state index contributed by atoms with van der Waals surface area (Å²) in [6, 6.07) is 7.32. The molecule has 0 fully saturated rings. The van der Waals surface area contributed by atoms with Gasteiger partial charge < -0.3 is 14.8 Å². The van der Waals surface area contributed by atoms with Crippen molar-refractivity contribution in [1.29, 1.82) is 0 Å². The van der Waals surface area contributed by atoms with Crippen molar-refractivity contribution >= 4 is 11.6 Å². The first-order valence-electron chi connectivity index (χ1n) is 5.94. The van der Waals surface area contributed by atoms with Crippen molar-refractivity contribution < 1.29 is 14.3 Å². The zero-order valence-electron chi connectivity index (χ0n) is 10.6. The topological polar surface area (TPSA) is 47.6 Å². The summed E-state index contributed by atoms with van der Waals surface area (Å²) in [5.74, 6) is 0.690. The Morgan fingerprint density at radius 2 is 2.11 bits per heavy atom. The quantitative estimate of drug-likeness (QED) is 0.834. The molecule has 18 heavy (non-hydrogen) atoms. The van der Waals surface area contributed by atoms with Gasteiger partial charge in [-0.2, -0.15) is 0 Å². The summed E-state index contributed by atoms with van der Waals surface area (Å²) < 4.78 is 11.2. The second kappa shape index (κ2) is 5.69. The van der Waals surface area contributed by atoms with E-state index >= 15 is 0 Å². The van der Waals surface area contributed by atoms with Crippen molar-refractivity contribution in [1.82, 2.24) is 0 Å². The zero-order chi connectivity index (χ0) is 13.0. The highest BCUT2D eigenvalue weighted by molar-refractivity contribution is 5.88. The molecule has 0 unspecified atom stereocenters. The van der Waals surface area contributed by atoms with Gasteiger partial charge in [-0.1, -0.05) is 6.08 Å². The lowest BCUT2D eigenvalue weighted by molar-refractivity contribution is -0.114. The third-order valence-corrected chi connectivity index (χ3v) is 2.75. The monoisotopic (exact) mass is 247 g/mol. The minimum absolute atomic E-state index is 0.0228. The van der Waals surface area contributed by atoms with Crippen molar-refractivity contribution in [2.75, 3.05) is 18.5 Å². The first-order valence-corrected chi connectivity index (χ1v) is 5.94. The number of nitrogens with one attached hydrogen (secondary N) is 1. The van der Waals surface area contributed by atoms with Gasteiger partial charge in [-0.3, -0.25) is 4.79 Å². The van der Waals surface area contributed by atoms with E-state index in [0.717, 1.165) is 11.4 Å². The molecule has 0 saturated carbocycles. The Hall–Kier alpha value is -1.81. The molecule has 1 aliphatic rings. The molecule has 1 aromatic rings. The highest BCUT2D eigenvalue weighted by atomic mass is 16.5. The zero-order valence-corrected chi connectivity index (χ0v) is 10.6. The number of benzene rings is 1. The molecule has 0 saturated heterocycles. The summed E-state index contributed by atoms with van der Waals surface area (Å²) in [6.45, 7) is 4.76. The molecular weight excluding hydrogens is 230 g/mol. The third kappa shape index (κ3) is 3.34. The largest absolute Gasteiger partial charge is 0.484 e. The Balaban J connectivity index is 1.99. The summed E-state index contributed by atoms with van der Waals surface area (Å²) >= 11 is 0. The molecule has 1 aliphatic heterocycles. The SMILES string of the molecule is CC(=O)Nc1ccc(O[C@@H]2COCC=C2C)cc1. The van der Waals surface area contributed by atoms with Crippen LogP contribution < -0.4 is 10.1 Å². The molecular formula is C14H17NO3. The maximum atomic E-state index is 10.9. The van der Waals surface area contributed by atoms with Gasteiger partial charge in [0.25, 0.3) is 0 Å². The Labute approximate surface area is 107 Å². The number of carbonyl (C=O) groups is 1. The molecule has 4 heteroatoms. The van der Waals surface area contributed by atoms with Crippen LogP contribution in [-0.2, 0) is 9.53 Å². The average Bonchev–Trinajstić information content (AvgIpc) is 2.34. The number of amides is 1. The first-order chi connectivity index (χ1) is 8.65. The van der Waals surface area contributed by atoms with Crippen LogP contribution in [0.25, 0.3) is 0 Å². The minimum atomic E-state index is -0.0804. The van der Waals surface area contributed by atoms with Gasteiger partial charge in [-0.25, -0.2) is 0 Å². The molecule has 1 heterocycles. The van der Waals surface area contributed by atoms with Gasteiger partial charge in [0.2, 0.25) is 5.91 Å². The molecule has 4 nitrogen and oxygen atoms in total. The fraction of sp³-hybridized carbons (Fsp3) is 0.357. The van der Waals surface area contributed by atoms with E-state index in [1.165, 1.54) is 12.5 Å². The van der Waals surface area contributed by atoms with Crippen molar-refractivity contribution in [3.05, 3.63) is 35.9 Å². The molecule has 0 radical (unpaired) electrons. The van der Waals surface area contributed by atoms with Crippen molar-refractivity contribution in [2.45, 2.75) is 20.0 Å². The van der Waals surface area contributed by atoms with E-state index in [9.17, 15) is 4.79 Å². The third-order valence-electron chi connectivity index (χ3n) is 2.75. The number of anilines is 1. The number of carbonyl (C=O) groups excluding carboxylic acids is 1. The van der Waals surface area contributed by atoms with Crippen molar-refractivity contribution in [2.24, 2.45) is 0 Å². The van der Waals surface area contributed by atoms with Crippen LogP contribution >= 0.6 is 0 Å². The van der Waals surface area contributed by atoms with E-state index in [2.05, 4.69) is 5.32 Å². The van der Waals surface area contributed by atoms with E-state index in [-0.39, 0.29) is 12.0 Å². The van der Waals surface area contributed by atoms with Gasteiger partial charge in [-0.15, -0.1) is 0 Å². The Bertz CT molecular complexity index is 451. The van der Waals surface area contributed by atoms with Crippen LogP contribution in [-0.4, -0.2) is 25.2 Å². The first kappa shape index (κ1) is 12.6. The maximum absolute atomic E-state index is 10.9. The van der Waals surface area contributed by atoms with Gasteiger partial charge >= 0.3 is 0 Å². The van der Waals surface area contributed by atoms with Crippen LogP contribution in [0, 0.1) is 0 Å². The van der Waals surface area contributed by atoms with Gasteiger partial charge in [0, 0.05) is 12.6 Å². The smallest absolute Gasteiger partial charge is 0.221 e. The van der Waals surface area contributed by atoms with Gasteiger partial charge in [0.1, 0.15) is 11.9 Å². The highest BCUT2D eigenvalue weighted by Gasteiger charge is 2.16. The van der Waals surface area contributed by atoms with Crippen LogP contribution in [0.1, 0.15) is 13.8 Å². The Morgan fingerprint density at radius 3 is 2.72 bits per heavy atom. The molecule has 1 atom stereocenters. The molecule has 2 rings (SSSR count). The van der Waals surface area contributed by atoms with Crippen molar-refractivity contribution in [3.8, 4) is 5.75 Å². The number of hydrogen-bond donors (Lipinski definition) is 1. The van der Waals surface area contributed by atoms with Gasteiger partial charge in [-0.05, 0) is 36.8 Å². The summed E-state index contributed by atoms with van der Waals surface area (Å²) in [4.78, 5) is 10.9. The maximum Gasteiger partial charge on any atom is 0.221 e. The van der Waals surface area contributed by atoms with E-state index in [1.807, 2.05) is 37.3 Å². The summed E-state index contributed by atoms with van der Waals surface area (Å²) in [6.07, 6.45) is 2.00. The van der Waals surface area contributed by atoms with Crippen LogP contribution in [0.5, 0.6) is 5.75 Å². The lowest BCUT2D eigenvalue weighted by atomic mass is 10.1. The minimum Gasteiger partial charge on any atom is -0.484 e. The van der Waals surface area contributed by atoms with E-state index in [0.29, 0.717) is 13.2 Å². The summed E-state index contributed by atoms with van der Waals surface area (Å²) in [5.41, 5.74) is 1.95. The molecule has 0 bridgehead atoms. The van der Waals surface area contributed by atoms with E-state index < -0.39 is 0 Å².